The molecule has 2 rings (SSSR count). The van der Waals surface area contributed by atoms with Gasteiger partial charge in [-0.2, -0.15) is 0 Å². The van der Waals surface area contributed by atoms with E-state index in [0.717, 1.165) is 11.1 Å². The van der Waals surface area contributed by atoms with Gasteiger partial charge in [0.1, 0.15) is 0 Å². The van der Waals surface area contributed by atoms with Gasteiger partial charge in [-0.25, -0.2) is 8.42 Å². The first-order chi connectivity index (χ1) is 9.79. The quantitative estimate of drug-likeness (QED) is 0.904. The third-order valence-electron chi connectivity index (χ3n) is 3.08. The number of anilines is 1. The van der Waals surface area contributed by atoms with Gasteiger partial charge in [-0.1, -0.05) is 29.8 Å². The number of nitrogens with two attached hydrogens (primary N) is 1. The summed E-state index contributed by atoms with van der Waals surface area (Å²) in [6, 6.07) is 11.5. The fourth-order valence-electron chi connectivity index (χ4n) is 1.87. The zero-order valence-corrected chi connectivity index (χ0v) is 13.4. The van der Waals surface area contributed by atoms with Crippen molar-refractivity contribution >= 4 is 27.3 Å². The van der Waals surface area contributed by atoms with Gasteiger partial charge in [0, 0.05) is 6.04 Å². The smallest absolute Gasteiger partial charge is 0.261 e. The Bertz CT molecular complexity index is 741. The lowest BCUT2D eigenvalue weighted by atomic mass is 10.1. The molecule has 0 fully saturated rings. The molecule has 0 amide bonds. The third-order valence-corrected chi connectivity index (χ3v) is 4.79. The molecule has 0 saturated carbocycles. The van der Waals surface area contributed by atoms with Gasteiger partial charge in [-0.3, -0.25) is 4.72 Å². The van der Waals surface area contributed by atoms with Crippen LogP contribution in [-0.2, 0) is 10.0 Å². The highest BCUT2D eigenvalue weighted by Gasteiger charge is 2.16. The minimum Gasteiger partial charge on any atom is -0.324 e. The number of halogens is 1. The van der Waals surface area contributed by atoms with E-state index in [2.05, 4.69) is 4.72 Å². The van der Waals surface area contributed by atoms with Crippen LogP contribution in [0.25, 0.3) is 0 Å². The Morgan fingerprint density at radius 1 is 1.14 bits per heavy atom. The maximum atomic E-state index is 12.3. The number of hydrogen-bond acceptors (Lipinski definition) is 3. The second-order valence-electron chi connectivity index (χ2n) is 4.95. The topological polar surface area (TPSA) is 72.2 Å². The number of sulfonamides is 1. The minimum atomic E-state index is -3.67. The normalized spacial score (nSPS) is 13.0. The lowest BCUT2D eigenvalue weighted by Crippen LogP contribution is -2.14. The zero-order chi connectivity index (χ0) is 15.6. The summed E-state index contributed by atoms with van der Waals surface area (Å²) in [5.41, 5.74) is 7.92. The molecule has 6 heteroatoms. The molecule has 1 atom stereocenters. The molecule has 21 heavy (non-hydrogen) atoms. The van der Waals surface area contributed by atoms with Crippen LogP contribution in [0.1, 0.15) is 24.1 Å². The van der Waals surface area contributed by atoms with Crippen LogP contribution in [0.4, 0.5) is 5.69 Å². The summed E-state index contributed by atoms with van der Waals surface area (Å²) in [7, 11) is -3.67. The molecule has 112 valence electrons. The van der Waals surface area contributed by atoms with Crippen LogP contribution in [0.15, 0.2) is 47.4 Å². The van der Waals surface area contributed by atoms with E-state index in [1.54, 1.807) is 24.3 Å². The summed E-state index contributed by atoms with van der Waals surface area (Å²) in [5.74, 6) is 0. The van der Waals surface area contributed by atoms with Gasteiger partial charge in [0.05, 0.1) is 15.6 Å². The summed E-state index contributed by atoms with van der Waals surface area (Å²) in [5, 5.41) is 0.358. The standard InChI is InChI=1S/C15H17ClN2O2S/c1-10-3-8-14(16)15(9-10)18-21(19,20)13-6-4-12(5-7-13)11(2)17/h3-9,11,18H,17H2,1-2H3. The van der Waals surface area contributed by atoms with Crippen LogP contribution in [0.3, 0.4) is 0 Å². The van der Waals surface area contributed by atoms with Gasteiger partial charge < -0.3 is 5.73 Å². The molecule has 0 aliphatic heterocycles. The van der Waals surface area contributed by atoms with Crippen molar-refractivity contribution in [2.75, 3.05) is 4.72 Å². The number of nitrogens with one attached hydrogen (secondary N) is 1. The first-order valence-electron chi connectivity index (χ1n) is 6.44. The number of rotatable bonds is 4. The van der Waals surface area contributed by atoms with Crippen molar-refractivity contribution in [1.82, 2.24) is 0 Å². The fourth-order valence-corrected chi connectivity index (χ4v) is 3.16. The minimum absolute atomic E-state index is 0.138. The van der Waals surface area contributed by atoms with E-state index in [1.165, 1.54) is 12.1 Å². The SMILES string of the molecule is Cc1ccc(Cl)c(NS(=O)(=O)c2ccc(C(C)N)cc2)c1. The lowest BCUT2D eigenvalue weighted by Gasteiger charge is -2.11. The van der Waals surface area contributed by atoms with Crippen molar-refractivity contribution in [3.63, 3.8) is 0 Å². The van der Waals surface area contributed by atoms with Gasteiger partial charge in [-0.05, 0) is 49.2 Å². The molecule has 0 saturated heterocycles. The first kappa shape index (κ1) is 15.8. The van der Waals surface area contributed by atoms with Crippen LogP contribution in [-0.4, -0.2) is 8.42 Å². The Hall–Kier alpha value is -1.56. The average Bonchev–Trinajstić information content (AvgIpc) is 2.43. The second kappa shape index (κ2) is 6.05. The van der Waals surface area contributed by atoms with Crippen molar-refractivity contribution < 1.29 is 8.42 Å². The van der Waals surface area contributed by atoms with Crippen LogP contribution in [0.2, 0.25) is 5.02 Å². The monoisotopic (exact) mass is 324 g/mol. The van der Waals surface area contributed by atoms with E-state index >= 15 is 0 Å². The number of hydrogen-bond donors (Lipinski definition) is 2. The van der Waals surface area contributed by atoms with Crippen LogP contribution in [0.5, 0.6) is 0 Å². The lowest BCUT2D eigenvalue weighted by molar-refractivity contribution is 0.601. The van der Waals surface area contributed by atoms with Gasteiger partial charge in [0.15, 0.2) is 0 Å². The van der Waals surface area contributed by atoms with E-state index in [4.69, 9.17) is 17.3 Å². The van der Waals surface area contributed by atoms with Gasteiger partial charge in [-0.15, -0.1) is 0 Å². The maximum absolute atomic E-state index is 12.3. The second-order valence-corrected chi connectivity index (χ2v) is 7.04. The zero-order valence-electron chi connectivity index (χ0n) is 11.8. The third kappa shape index (κ3) is 3.75. The molecule has 2 aromatic carbocycles. The highest BCUT2D eigenvalue weighted by Crippen LogP contribution is 2.26. The highest BCUT2D eigenvalue weighted by molar-refractivity contribution is 7.92. The van der Waals surface area contributed by atoms with Crippen molar-refractivity contribution in [2.24, 2.45) is 5.73 Å². The predicted molar refractivity (Wildman–Crippen MR) is 86.0 cm³/mol. The molecule has 4 nitrogen and oxygen atoms in total. The molecule has 2 aromatic rings. The average molecular weight is 325 g/mol. The Morgan fingerprint density at radius 3 is 2.33 bits per heavy atom. The van der Waals surface area contributed by atoms with E-state index < -0.39 is 10.0 Å². The fraction of sp³-hybridized carbons (Fsp3) is 0.200. The largest absolute Gasteiger partial charge is 0.324 e. The molecule has 1 unspecified atom stereocenters. The van der Waals surface area contributed by atoms with Crippen molar-refractivity contribution in [3.8, 4) is 0 Å². The van der Waals surface area contributed by atoms with E-state index in [0.29, 0.717) is 10.7 Å². The number of aryl methyl sites for hydroxylation is 1. The molecule has 0 aliphatic carbocycles. The first-order valence-corrected chi connectivity index (χ1v) is 8.30. The molecule has 0 aliphatic rings. The Morgan fingerprint density at radius 2 is 1.76 bits per heavy atom. The molecule has 0 spiro atoms. The molecular formula is C15H17ClN2O2S. The van der Waals surface area contributed by atoms with Crippen LogP contribution >= 0.6 is 11.6 Å². The number of benzene rings is 2. The van der Waals surface area contributed by atoms with Gasteiger partial charge >= 0.3 is 0 Å². The van der Waals surface area contributed by atoms with Crippen molar-refractivity contribution in [1.29, 1.82) is 0 Å². The Labute approximate surface area is 130 Å². The van der Waals surface area contributed by atoms with Crippen molar-refractivity contribution in [3.05, 3.63) is 58.6 Å². The maximum Gasteiger partial charge on any atom is 0.261 e. The Kier molecular flexibility index (Phi) is 4.56. The molecular weight excluding hydrogens is 308 g/mol. The summed E-state index contributed by atoms with van der Waals surface area (Å²) in [6.45, 7) is 3.71. The van der Waals surface area contributed by atoms with Crippen molar-refractivity contribution in [2.45, 2.75) is 24.8 Å². The Balaban J connectivity index is 2.31. The summed E-state index contributed by atoms with van der Waals surface area (Å²) in [6.07, 6.45) is 0. The van der Waals surface area contributed by atoms with E-state index in [1.807, 2.05) is 19.9 Å². The predicted octanol–water partition coefficient (Wildman–Crippen LogP) is 3.47. The summed E-state index contributed by atoms with van der Waals surface area (Å²) in [4.78, 5) is 0.171. The van der Waals surface area contributed by atoms with Gasteiger partial charge in [0.2, 0.25) is 0 Å². The molecule has 3 N–H and O–H groups in total. The van der Waals surface area contributed by atoms with Crippen LogP contribution in [0, 0.1) is 6.92 Å². The van der Waals surface area contributed by atoms with E-state index in [-0.39, 0.29) is 10.9 Å². The summed E-state index contributed by atoms with van der Waals surface area (Å²) < 4.78 is 27.2. The van der Waals surface area contributed by atoms with E-state index in [9.17, 15) is 8.42 Å². The highest BCUT2D eigenvalue weighted by atomic mass is 35.5. The van der Waals surface area contributed by atoms with Crippen LogP contribution < -0.4 is 10.5 Å². The summed E-state index contributed by atoms with van der Waals surface area (Å²) >= 11 is 6.01. The molecule has 0 radical (unpaired) electrons. The van der Waals surface area contributed by atoms with Gasteiger partial charge in [0.25, 0.3) is 10.0 Å². The molecule has 0 heterocycles. The molecule has 0 bridgehead atoms. The molecule has 0 aromatic heterocycles.